The van der Waals surface area contributed by atoms with E-state index in [4.69, 9.17) is 5.73 Å². The molecular formula is C8H11N5O. The lowest BCUT2D eigenvalue weighted by Gasteiger charge is -2.25. The summed E-state index contributed by atoms with van der Waals surface area (Å²) in [5.74, 6) is 0.680. The van der Waals surface area contributed by atoms with Crippen LogP contribution in [0.15, 0.2) is 0 Å². The summed E-state index contributed by atoms with van der Waals surface area (Å²) in [6, 6.07) is 0. The number of carbonyl (C=O) groups excluding carboxylic acids is 1. The molecule has 2 heterocycles. The zero-order valence-electron chi connectivity index (χ0n) is 7.90. The van der Waals surface area contributed by atoms with Crippen molar-refractivity contribution in [1.29, 1.82) is 0 Å². The van der Waals surface area contributed by atoms with Crippen LogP contribution >= 0.6 is 0 Å². The highest BCUT2D eigenvalue weighted by atomic mass is 16.2. The number of nitrogens with two attached hydrogens (primary N) is 1. The summed E-state index contributed by atoms with van der Waals surface area (Å²) in [5.41, 5.74) is 6.18. The molecule has 0 fully saturated rings. The van der Waals surface area contributed by atoms with Crippen LogP contribution in [0.4, 0.5) is 11.8 Å². The van der Waals surface area contributed by atoms with Gasteiger partial charge in [-0.05, 0) is 12.8 Å². The summed E-state index contributed by atoms with van der Waals surface area (Å²) in [6.45, 7) is 2.19. The normalized spacial score (nSPS) is 15.1. The number of nitrogens with zero attached hydrogens (tertiary/aromatic N) is 4. The van der Waals surface area contributed by atoms with Gasteiger partial charge in [0.15, 0.2) is 5.82 Å². The molecule has 0 bridgehead atoms. The first kappa shape index (κ1) is 8.86. The molecule has 74 valence electrons. The van der Waals surface area contributed by atoms with Gasteiger partial charge in [-0.3, -0.25) is 9.69 Å². The summed E-state index contributed by atoms with van der Waals surface area (Å²) >= 11 is 0. The van der Waals surface area contributed by atoms with Gasteiger partial charge in [0.2, 0.25) is 11.9 Å². The van der Waals surface area contributed by atoms with E-state index in [9.17, 15) is 4.79 Å². The molecule has 1 aliphatic heterocycles. The van der Waals surface area contributed by atoms with Gasteiger partial charge in [-0.15, -0.1) is 10.2 Å². The molecule has 6 nitrogen and oxygen atoms in total. The molecule has 0 radical (unpaired) electrons. The van der Waals surface area contributed by atoms with E-state index in [-0.39, 0.29) is 11.9 Å². The van der Waals surface area contributed by atoms with E-state index < -0.39 is 0 Å². The third-order valence-corrected chi connectivity index (χ3v) is 2.19. The SMILES string of the molecule is CC(=O)N1CCCc2nc(N)nnc21. The van der Waals surface area contributed by atoms with Crippen LogP contribution in [0, 0.1) is 0 Å². The number of anilines is 2. The Balaban J connectivity index is 2.44. The minimum atomic E-state index is -0.0354. The monoisotopic (exact) mass is 193 g/mol. The van der Waals surface area contributed by atoms with Crippen molar-refractivity contribution >= 4 is 17.7 Å². The first-order valence-corrected chi connectivity index (χ1v) is 4.45. The molecule has 0 atom stereocenters. The Morgan fingerprint density at radius 1 is 1.50 bits per heavy atom. The van der Waals surface area contributed by atoms with Crippen molar-refractivity contribution in [1.82, 2.24) is 15.2 Å². The van der Waals surface area contributed by atoms with Crippen LogP contribution < -0.4 is 10.6 Å². The fourth-order valence-corrected chi connectivity index (χ4v) is 1.56. The van der Waals surface area contributed by atoms with Gasteiger partial charge in [0.1, 0.15) is 0 Å². The second-order valence-corrected chi connectivity index (χ2v) is 3.21. The van der Waals surface area contributed by atoms with Crippen molar-refractivity contribution in [2.24, 2.45) is 0 Å². The van der Waals surface area contributed by atoms with Crippen molar-refractivity contribution in [2.45, 2.75) is 19.8 Å². The third-order valence-electron chi connectivity index (χ3n) is 2.19. The molecule has 1 aromatic heterocycles. The molecule has 0 saturated heterocycles. The molecule has 0 aromatic carbocycles. The molecule has 2 rings (SSSR count). The maximum Gasteiger partial charge on any atom is 0.240 e. The fraction of sp³-hybridized carbons (Fsp3) is 0.500. The Kier molecular flexibility index (Phi) is 2.03. The molecule has 0 unspecified atom stereocenters. The molecule has 0 aliphatic carbocycles. The highest BCUT2D eigenvalue weighted by molar-refractivity contribution is 5.91. The van der Waals surface area contributed by atoms with E-state index in [0.717, 1.165) is 18.5 Å². The van der Waals surface area contributed by atoms with Gasteiger partial charge in [0, 0.05) is 13.5 Å². The Morgan fingerprint density at radius 2 is 2.29 bits per heavy atom. The van der Waals surface area contributed by atoms with Gasteiger partial charge in [-0.25, -0.2) is 4.98 Å². The van der Waals surface area contributed by atoms with Crippen LogP contribution in [0.2, 0.25) is 0 Å². The zero-order chi connectivity index (χ0) is 10.1. The Hall–Kier alpha value is -1.72. The van der Waals surface area contributed by atoms with Gasteiger partial charge >= 0.3 is 0 Å². The molecule has 0 saturated carbocycles. The van der Waals surface area contributed by atoms with E-state index >= 15 is 0 Å². The zero-order valence-corrected chi connectivity index (χ0v) is 7.90. The Morgan fingerprint density at radius 3 is 3.00 bits per heavy atom. The standard InChI is InChI=1S/C8H11N5O/c1-5(14)13-4-2-3-6-7(13)11-12-8(9)10-6/h2-4H2,1H3,(H2,9,10,12). The average molecular weight is 193 g/mol. The Labute approximate surface area is 81.1 Å². The van der Waals surface area contributed by atoms with Gasteiger partial charge < -0.3 is 5.73 Å². The predicted molar refractivity (Wildman–Crippen MR) is 50.6 cm³/mol. The van der Waals surface area contributed by atoms with Crippen LogP contribution in [0.25, 0.3) is 0 Å². The number of hydrogen-bond donors (Lipinski definition) is 1. The van der Waals surface area contributed by atoms with Crippen LogP contribution in [0.1, 0.15) is 19.0 Å². The minimum Gasteiger partial charge on any atom is -0.366 e. The summed E-state index contributed by atoms with van der Waals surface area (Å²) < 4.78 is 0. The second kappa shape index (κ2) is 3.21. The third kappa shape index (κ3) is 1.39. The predicted octanol–water partition coefficient (Wildman–Crippen LogP) is -0.247. The fourth-order valence-electron chi connectivity index (χ4n) is 1.56. The highest BCUT2D eigenvalue weighted by Gasteiger charge is 2.23. The second-order valence-electron chi connectivity index (χ2n) is 3.21. The lowest BCUT2D eigenvalue weighted by molar-refractivity contribution is -0.116. The topological polar surface area (TPSA) is 85.0 Å². The summed E-state index contributed by atoms with van der Waals surface area (Å²) in [4.78, 5) is 16.9. The number of aryl methyl sites for hydroxylation is 1. The van der Waals surface area contributed by atoms with E-state index in [2.05, 4.69) is 15.2 Å². The van der Waals surface area contributed by atoms with E-state index in [0.29, 0.717) is 12.4 Å². The number of aromatic nitrogens is 3. The van der Waals surface area contributed by atoms with Crippen LogP contribution in [-0.4, -0.2) is 27.6 Å². The largest absolute Gasteiger partial charge is 0.366 e. The van der Waals surface area contributed by atoms with E-state index in [1.807, 2.05) is 0 Å². The lowest BCUT2D eigenvalue weighted by atomic mass is 10.1. The van der Waals surface area contributed by atoms with Crippen molar-refractivity contribution in [3.63, 3.8) is 0 Å². The number of nitrogen functional groups attached to an aromatic ring is 1. The van der Waals surface area contributed by atoms with Crippen LogP contribution in [0.5, 0.6) is 0 Å². The summed E-state index contributed by atoms with van der Waals surface area (Å²) in [7, 11) is 0. The number of rotatable bonds is 0. The van der Waals surface area contributed by atoms with Gasteiger partial charge in [-0.2, -0.15) is 0 Å². The van der Waals surface area contributed by atoms with Crippen LogP contribution in [0.3, 0.4) is 0 Å². The van der Waals surface area contributed by atoms with E-state index in [1.165, 1.54) is 6.92 Å². The van der Waals surface area contributed by atoms with Crippen molar-refractivity contribution in [3.05, 3.63) is 5.69 Å². The number of carbonyl (C=O) groups is 1. The smallest absolute Gasteiger partial charge is 0.240 e. The Bertz CT molecular complexity index is 378. The van der Waals surface area contributed by atoms with Crippen molar-refractivity contribution in [2.75, 3.05) is 17.2 Å². The van der Waals surface area contributed by atoms with Gasteiger partial charge in [0.05, 0.1) is 5.69 Å². The van der Waals surface area contributed by atoms with Crippen molar-refractivity contribution < 1.29 is 4.79 Å². The average Bonchev–Trinajstić information content (AvgIpc) is 2.16. The molecule has 1 aromatic rings. The highest BCUT2D eigenvalue weighted by Crippen LogP contribution is 2.22. The molecule has 14 heavy (non-hydrogen) atoms. The minimum absolute atomic E-state index is 0.0354. The lowest BCUT2D eigenvalue weighted by Crippen LogP contribution is -2.35. The number of fused-ring (bicyclic) bond motifs is 1. The van der Waals surface area contributed by atoms with Gasteiger partial charge in [-0.1, -0.05) is 0 Å². The number of hydrogen-bond acceptors (Lipinski definition) is 5. The maximum absolute atomic E-state index is 11.2. The molecule has 1 aliphatic rings. The first-order valence-electron chi connectivity index (χ1n) is 4.45. The summed E-state index contributed by atoms with van der Waals surface area (Å²) in [5, 5.41) is 7.54. The van der Waals surface area contributed by atoms with Crippen molar-refractivity contribution in [3.8, 4) is 0 Å². The molecule has 2 N–H and O–H groups in total. The molecule has 1 amide bonds. The molecule has 0 spiro atoms. The van der Waals surface area contributed by atoms with E-state index in [1.54, 1.807) is 4.90 Å². The molecular weight excluding hydrogens is 182 g/mol. The number of amides is 1. The van der Waals surface area contributed by atoms with Crippen LogP contribution in [-0.2, 0) is 11.2 Å². The molecule has 6 heteroatoms. The maximum atomic E-state index is 11.2. The van der Waals surface area contributed by atoms with Gasteiger partial charge in [0.25, 0.3) is 0 Å². The first-order chi connectivity index (χ1) is 6.68. The summed E-state index contributed by atoms with van der Waals surface area (Å²) in [6.07, 6.45) is 1.70. The quantitative estimate of drug-likeness (QED) is 0.614.